The number of hydrogen-bond donors (Lipinski definition) is 3. The van der Waals surface area contributed by atoms with E-state index >= 15 is 0 Å². The van der Waals surface area contributed by atoms with Crippen LogP contribution in [-0.4, -0.2) is 11.1 Å². The van der Waals surface area contributed by atoms with Crippen molar-refractivity contribution in [1.29, 1.82) is 0 Å². The predicted octanol–water partition coefficient (Wildman–Crippen LogP) is 3.83. The second kappa shape index (κ2) is 6.37. The van der Waals surface area contributed by atoms with Crippen LogP contribution >= 0.6 is 0 Å². The van der Waals surface area contributed by atoms with E-state index in [9.17, 15) is 14.3 Å². The maximum Gasteiger partial charge on any atom is 0.323 e. The number of nitrogens with one attached hydrogen (secondary N) is 2. The van der Waals surface area contributed by atoms with E-state index in [1.165, 1.54) is 12.1 Å². The fourth-order valence-corrected chi connectivity index (χ4v) is 1.88. The maximum absolute atomic E-state index is 13.6. The molecule has 0 aromatic heterocycles. The van der Waals surface area contributed by atoms with E-state index in [1.54, 1.807) is 44.2 Å². The average molecular weight is 288 g/mol. The highest BCUT2D eigenvalue weighted by molar-refractivity contribution is 5.99. The number of aliphatic hydroxyl groups excluding tert-OH is 1. The molecule has 1 unspecified atom stereocenters. The van der Waals surface area contributed by atoms with Crippen LogP contribution in [0.25, 0.3) is 0 Å². The molecule has 0 aliphatic heterocycles. The Bertz CT molecular complexity index is 656. The molecule has 2 aromatic carbocycles. The van der Waals surface area contributed by atoms with Crippen LogP contribution in [0.2, 0.25) is 0 Å². The quantitative estimate of drug-likeness (QED) is 0.803. The zero-order chi connectivity index (χ0) is 15.4. The Kier molecular flexibility index (Phi) is 4.55. The van der Waals surface area contributed by atoms with Gasteiger partial charge in [-0.2, -0.15) is 0 Å². The Morgan fingerprint density at radius 1 is 1.19 bits per heavy atom. The molecule has 3 N–H and O–H groups in total. The average Bonchev–Trinajstić information content (AvgIpc) is 2.42. The summed E-state index contributed by atoms with van der Waals surface area (Å²) in [4.78, 5) is 11.8. The molecule has 2 amide bonds. The van der Waals surface area contributed by atoms with E-state index in [1.807, 2.05) is 0 Å². The first-order valence-electron chi connectivity index (χ1n) is 6.58. The minimum atomic E-state index is -0.621. The first-order chi connectivity index (χ1) is 9.95. The van der Waals surface area contributed by atoms with E-state index in [0.717, 1.165) is 5.56 Å². The largest absolute Gasteiger partial charge is 0.389 e. The first-order valence-corrected chi connectivity index (χ1v) is 6.58. The van der Waals surface area contributed by atoms with Crippen molar-refractivity contribution in [2.24, 2.45) is 0 Å². The molecular formula is C16H17FN2O2. The Hall–Kier alpha value is -2.40. The second-order valence-corrected chi connectivity index (χ2v) is 4.86. The lowest BCUT2D eigenvalue weighted by Gasteiger charge is -2.11. The van der Waals surface area contributed by atoms with Gasteiger partial charge in [0.05, 0.1) is 11.8 Å². The van der Waals surface area contributed by atoms with Crippen LogP contribution in [0.3, 0.4) is 0 Å². The third kappa shape index (κ3) is 4.03. The number of aryl methyl sites for hydroxylation is 1. The summed E-state index contributed by atoms with van der Waals surface area (Å²) in [6.45, 7) is 3.41. The van der Waals surface area contributed by atoms with Gasteiger partial charge in [-0.3, -0.25) is 0 Å². The number of urea groups is 1. The summed E-state index contributed by atoms with van der Waals surface area (Å²) in [6, 6.07) is 10.9. The van der Waals surface area contributed by atoms with Crippen molar-refractivity contribution in [3.63, 3.8) is 0 Å². The maximum atomic E-state index is 13.6. The number of rotatable bonds is 3. The van der Waals surface area contributed by atoms with Crippen LogP contribution in [0.1, 0.15) is 24.2 Å². The summed E-state index contributed by atoms with van der Waals surface area (Å²) in [7, 11) is 0. The zero-order valence-electron chi connectivity index (χ0n) is 11.9. The number of carbonyl (C=O) groups is 1. The number of carbonyl (C=O) groups excluding carboxylic acids is 1. The zero-order valence-corrected chi connectivity index (χ0v) is 11.9. The van der Waals surface area contributed by atoms with Crippen LogP contribution in [0.15, 0.2) is 42.5 Å². The number of benzene rings is 2. The SMILES string of the molecule is Cc1ccc(NC(=O)Nc2cccc(C(C)O)c2)c(F)c1. The van der Waals surface area contributed by atoms with Crippen LogP contribution in [0.4, 0.5) is 20.6 Å². The monoisotopic (exact) mass is 288 g/mol. The molecular weight excluding hydrogens is 271 g/mol. The van der Waals surface area contributed by atoms with E-state index in [0.29, 0.717) is 11.3 Å². The molecule has 0 spiro atoms. The standard InChI is InChI=1S/C16H17FN2O2/c1-10-6-7-15(14(17)8-10)19-16(21)18-13-5-3-4-12(9-13)11(2)20/h3-9,11,20H,1-2H3,(H2,18,19,21). The fraction of sp³-hybridized carbons (Fsp3) is 0.188. The number of anilines is 2. The molecule has 0 saturated carbocycles. The van der Waals surface area contributed by atoms with Crippen molar-refractivity contribution in [2.75, 3.05) is 10.6 Å². The summed E-state index contributed by atoms with van der Waals surface area (Å²) in [6.07, 6.45) is -0.621. The van der Waals surface area contributed by atoms with Gasteiger partial charge < -0.3 is 15.7 Å². The highest BCUT2D eigenvalue weighted by Gasteiger charge is 2.08. The summed E-state index contributed by atoms with van der Waals surface area (Å²) in [5.41, 5.74) is 2.11. The van der Waals surface area contributed by atoms with Crippen molar-refractivity contribution >= 4 is 17.4 Å². The van der Waals surface area contributed by atoms with Gasteiger partial charge in [-0.1, -0.05) is 18.2 Å². The van der Waals surface area contributed by atoms with Gasteiger partial charge in [0.2, 0.25) is 0 Å². The molecule has 110 valence electrons. The van der Waals surface area contributed by atoms with Gasteiger partial charge in [0.1, 0.15) is 5.82 Å². The molecule has 0 bridgehead atoms. The highest BCUT2D eigenvalue weighted by Crippen LogP contribution is 2.18. The Morgan fingerprint density at radius 2 is 1.95 bits per heavy atom. The van der Waals surface area contributed by atoms with Gasteiger partial charge >= 0.3 is 6.03 Å². The van der Waals surface area contributed by atoms with Gasteiger partial charge in [-0.25, -0.2) is 9.18 Å². The molecule has 0 saturated heterocycles. The third-order valence-electron chi connectivity index (χ3n) is 3.00. The summed E-state index contributed by atoms with van der Waals surface area (Å²) in [5, 5.41) is 14.5. The Balaban J connectivity index is 2.06. The van der Waals surface area contributed by atoms with Crippen molar-refractivity contribution in [3.05, 3.63) is 59.4 Å². The van der Waals surface area contributed by atoms with E-state index in [-0.39, 0.29) is 5.69 Å². The minimum absolute atomic E-state index is 0.116. The van der Waals surface area contributed by atoms with Gasteiger partial charge in [0.25, 0.3) is 0 Å². The molecule has 0 radical (unpaired) electrons. The number of amides is 2. The molecule has 0 fully saturated rings. The summed E-state index contributed by atoms with van der Waals surface area (Å²) < 4.78 is 13.6. The normalized spacial score (nSPS) is 11.8. The molecule has 21 heavy (non-hydrogen) atoms. The number of aliphatic hydroxyl groups is 1. The van der Waals surface area contributed by atoms with Gasteiger partial charge in [-0.05, 0) is 49.2 Å². The molecule has 4 nitrogen and oxygen atoms in total. The molecule has 5 heteroatoms. The molecule has 1 atom stereocenters. The van der Waals surface area contributed by atoms with Crippen LogP contribution in [-0.2, 0) is 0 Å². The molecule has 0 aliphatic carbocycles. The van der Waals surface area contributed by atoms with Gasteiger partial charge in [0.15, 0.2) is 0 Å². The van der Waals surface area contributed by atoms with Crippen LogP contribution in [0, 0.1) is 12.7 Å². The Labute approximate surface area is 122 Å². The lowest BCUT2D eigenvalue weighted by atomic mass is 10.1. The Morgan fingerprint density at radius 3 is 2.62 bits per heavy atom. The summed E-state index contributed by atoms with van der Waals surface area (Å²) in [5.74, 6) is -0.483. The molecule has 2 rings (SSSR count). The first kappa shape index (κ1) is 15.0. The lowest BCUT2D eigenvalue weighted by Crippen LogP contribution is -2.20. The molecule has 2 aromatic rings. The van der Waals surface area contributed by atoms with Crippen LogP contribution < -0.4 is 10.6 Å². The lowest BCUT2D eigenvalue weighted by molar-refractivity contribution is 0.199. The minimum Gasteiger partial charge on any atom is -0.389 e. The predicted molar refractivity (Wildman–Crippen MR) is 80.9 cm³/mol. The van der Waals surface area contributed by atoms with Crippen molar-refractivity contribution in [3.8, 4) is 0 Å². The van der Waals surface area contributed by atoms with E-state index in [2.05, 4.69) is 10.6 Å². The highest BCUT2D eigenvalue weighted by atomic mass is 19.1. The number of hydrogen-bond acceptors (Lipinski definition) is 2. The van der Waals surface area contributed by atoms with Crippen LogP contribution in [0.5, 0.6) is 0 Å². The van der Waals surface area contributed by atoms with Crippen molar-refractivity contribution < 1.29 is 14.3 Å². The smallest absolute Gasteiger partial charge is 0.323 e. The number of halogens is 1. The third-order valence-corrected chi connectivity index (χ3v) is 3.00. The van der Waals surface area contributed by atoms with E-state index < -0.39 is 18.0 Å². The molecule has 0 aliphatic rings. The van der Waals surface area contributed by atoms with E-state index in [4.69, 9.17) is 0 Å². The van der Waals surface area contributed by atoms with Crippen molar-refractivity contribution in [1.82, 2.24) is 0 Å². The van der Waals surface area contributed by atoms with Gasteiger partial charge in [0, 0.05) is 5.69 Å². The topological polar surface area (TPSA) is 61.4 Å². The second-order valence-electron chi connectivity index (χ2n) is 4.86. The van der Waals surface area contributed by atoms with Gasteiger partial charge in [-0.15, -0.1) is 0 Å². The molecule has 0 heterocycles. The van der Waals surface area contributed by atoms with Crippen molar-refractivity contribution in [2.45, 2.75) is 20.0 Å². The summed E-state index contributed by atoms with van der Waals surface area (Å²) >= 11 is 0. The fourth-order valence-electron chi connectivity index (χ4n) is 1.88.